The van der Waals surface area contributed by atoms with E-state index in [2.05, 4.69) is 6.92 Å². The van der Waals surface area contributed by atoms with Crippen molar-refractivity contribution in [3.05, 3.63) is 12.2 Å². The average molecular weight is 353 g/mol. The smallest absolute Gasteiger partial charge is 0.139 e. The third kappa shape index (κ3) is 8.63. The van der Waals surface area contributed by atoms with Gasteiger partial charge in [-0.05, 0) is 25.7 Å². The molecule has 1 saturated carbocycles. The van der Waals surface area contributed by atoms with Gasteiger partial charge in [-0.3, -0.25) is 4.79 Å². The van der Waals surface area contributed by atoms with Gasteiger partial charge in [0.1, 0.15) is 5.78 Å². The summed E-state index contributed by atoms with van der Waals surface area (Å²) in [4.78, 5) is 22.5. The van der Waals surface area contributed by atoms with Crippen LogP contribution < -0.4 is 5.11 Å². The molecule has 1 aliphatic carbocycles. The van der Waals surface area contributed by atoms with Crippen LogP contribution >= 0.6 is 0 Å². The van der Waals surface area contributed by atoms with E-state index in [1.54, 1.807) is 6.08 Å². The van der Waals surface area contributed by atoms with Crippen LogP contribution in [0.4, 0.5) is 0 Å². The fourth-order valence-corrected chi connectivity index (χ4v) is 3.54. The van der Waals surface area contributed by atoms with Gasteiger partial charge in [-0.15, -0.1) is 0 Å². The van der Waals surface area contributed by atoms with Gasteiger partial charge < -0.3 is 20.1 Å². The predicted molar refractivity (Wildman–Crippen MR) is 94.6 cm³/mol. The Bertz CT molecular complexity index is 432. The fourth-order valence-electron chi connectivity index (χ4n) is 3.54. The molecule has 25 heavy (non-hydrogen) atoms. The van der Waals surface area contributed by atoms with Gasteiger partial charge in [0.05, 0.1) is 12.2 Å². The van der Waals surface area contributed by atoms with Gasteiger partial charge in [0.25, 0.3) is 0 Å². The van der Waals surface area contributed by atoms with Crippen LogP contribution in [-0.2, 0) is 9.59 Å². The predicted octanol–water partition coefficient (Wildman–Crippen LogP) is 2.14. The largest absolute Gasteiger partial charge is 0.550 e. The molecule has 0 aromatic rings. The second-order valence-electron chi connectivity index (χ2n) is 7.19. The quantitative estimate of drug-likeness (QED) is 0.390. The zero-order valence-corrected chi connectivity index (χ0v) is 15.4. The summed E-state index contributed by atoms with van der Waals surface area (Å²) < 4.78 is 0. The van der Waals surface area contributed by atoms with Crippen molar-refractivity contribution in [1.82, 2.24) is 0 Å². The van der Waals surface area contributed by atoms with Crippen molar-refractivity contribution >= 4 is 11.8 Å². The van der Waals surface area contributed by atoms with E-state index in [0.29, 0.717) is 19.3 Å². The maximum Gasteiger partial charge on any atom is 0.139 e. The van der Waals surface area contributed by atoms with Crippen molar-refractivity contribution in [3.8, 4) is 0 Å². The summed E-state index contributed by atoms with van der Waals surface area (Å²) >= 11 is 0. The van der Waals surface area contributed by atoms with E-state index in [4.69, 9.17) is 0 Å². The highest BCUT2D eigenvalue weighted by Gasteiger charge is 2.39. The van der Waals surface area contributed by atoms with E-state index in [9.17, 15) is 24.9 Å². The molecule has 0 bridgehead atoms. The Balaban J connectivity index is 2.39. The molecule has 0 aliphatic heterocycles. The number of hydrogen-bond donors (Lipinski definition) is 2. The number of ketones is 1. The highest BCUT2D eigenvalue weighted by atomic mass is 16.4. The number of carbonyl (C=O) groups is 2. The summed E-state index contributed by atoms with van der Waals surface area (Å²) in [6.07, 6.45) is 10.4. The second kappa shape index (κ2) is 12.2. The number of unbranched alkanes of at least 4 members (excludes halogenated alkanes) is 5. The summed E-state index contributed by atoms with van der Waals surface area (Å²) in [6, 6.07) is 0. The molecule has 5 heteroatoms. The number of aliphatic carboxylic acids is 1. The van der Waals surface area contributed by atoms with E-state index >= 15 is 0 Å². The SMILES string of the molecule is CCCCC[C@H](O)/C=C/[C@H]1[C@H](O)CC(=O)[C@@H]1CCCCCCC(=O)[O-]. The molecule has 4 atom stereocenters. The van der Waals surface area contributed by atoms with Crippen molar-refractivity contribution in [2.75, 3.05) is 0 Å². The summed E-state index contributed by atoms with van der Waals surface area (Å²) in [5.74, 6) is -1.32. The van der Waals surface area contributed by atoms with E-state index in [1.165, 1.54) is 0 Å². The number of carboxylic acid groups (broad SMARTS) is 1. The van der Waals surface area contributed by atoms with Crippen LogP contribution in [-0.4, -0.2) is 34.2 Å². The number of hydrogen-bond acceptors (Lipinski definition) is 5. The number of carbonyl (C=O) groups excluding carboxylic acids is 2. The lowest BCUT2D eigenvalue weighted by Gasteiger charge is -2.18. The van der Waals surface area contributed by atoms with Gasteiger partial charge >= 0.3 is 0 Å². The number of aliphatic hydroxyl groups excluding tert-OH is 2. The molecule has 0 heterocycles. The molecule has 0 spiro atoms. The van der Waals surface area contributed by atoms with Gasteiger partial charge in [-0.1, -0.05) is 57.6 Å². The van der Waals surface area contributed by atoms with E-state index in [-0.39, 0.29) is 30.5 Å². The van der Waals surface area contributed by atoms with Gasteiger partial charge in [0, 0.05) is 24.2 Å². The zero-order chi connectivity index (χ0) is 18.7. The third-order valence-electron chi connectivity index (χ3n) is 5.04. The summed E-state index contributed by atoms with van der Waals surface area (Å²) in [5.41, 5.74) is 0. The van der Waals surface area contributed by atoms with Gasteiger partial charge in [0.15, 0.2) is 0 Å². The maximum absolute atomic E-state index is 12.1. The first-order valence-electron chi connectivity index (χ1n) is 9.72. The molecular weight excluding hydrogens is 320 g/mol. The summed E-state index contributed by atoms with van der Waals surface area (Å²) in [6.45, 7) is 2.12. The van der Waals surface area contributed by atoms with Crippen molar-refractivity contribution < 1.29 is 24.9 Å². The van der Waals surface area contributed by atoms with Crippen LogP contribution in [0.15, 0.2) is 12.2 Å². The van der Waals surface area contributed by atoms with E-state index in [0.717, 1.165) is 38.5 Å². The Morgan fingerprint density at radius 3 is 2.64 bits per heavy atom. The van der Waals surface area contributed by atoms with Gasteiger partial charge in [-0.25, -0.2) is 0 Å². The Morgan fingerprint density at radius 1 is 1.24 bits per heavy atom. The van der Waals surface area contributed by atoms with Crippen molar-refractivity contribution in [1.29, 1.82) is 0 Å². The van der Waals surface area contributed by atoms with Crippen LogP contribution in [0.3, 0.4) is 0 Å². The molecule has 0 unspecified atom stereocenters. The number of carboxylic acids is 1. The molecule has 0 aromatic heterocycles. The first kappa shape index (κ1) is 21.8. The van der Waals surface area contributed by atoms with Crippen molar-refractivity contribution in [3.63, 3.8) is 0 Å². The molecule has 0 radical (unpaired) electrons. The van der Waals surface area contributed by atoms with Gasteiger partial charge in [0.2, 0.25) is 0 Å². The maximum atomic E-state index is 12.1. The summed E-state index contributed by atoms with van der Waals surface area (Å²) in [5, 5.41) is 30.5. The highest BCUT2D eigenvalue weighted by Crippen LogP contribution is 2.34. The molecule has 1 aliphatic rings. The average Bonchev–Trinajstić information content (AvgIpc) is 2.82. The fraction of sp³-hybridized carbons (Fsp3) is 0.800. The highest BCUT2D eigenvalue weighted by molar-refractivity contribution is 5.84. The second-order valence-corrected chi connectivity index (χ2v) is 7.19. The molecule has 0 aromatic carbocycles. The van der Waals surface area contributed by atoms with Crippen LogP contribution in [0, 0.1) is 11.8 Å². The number of Topliss-reactive ketones (excluding diaryl/α,β-unsaturated/α-hetero) is 1. The normalized spacial score (nSPS) is 24.9. The van der Waals surface area contributed by atoms with Crippen LogP contribution in [0.25, 0.3) is 0 Å². The first-order chi connectivity index (χ1) is 12.0. The molecule has 2 N–H and O–H groups in total. The third-order valence-corrected chi connectivity index (χ3v) is 5.04. The minimum atomic E-state index is -1.02. The molecule has 1 rings (SSSR count). The Morgan fingerprint density at radius 2 is 1.96 bits per heavy atom. The molecular formula is C20H33O5-. The molecule has 5 nitrogen and oxygen atoms in total. The molecule has 0 saturated heterocycles. The Hall–Kier alpha value is -1.20. The van der Waals surface area contributed by atoms with Crippen LogP contribution in [0.2, 0.25) is 0 Å². The lowest BCUT2D eigenvalue weighted by Crippen LogP contribution is -2.21. The van der Waals surface area contributed by atoms with E-state index < -0.39 is 18.2 Å². The Labute approximate surface area is 151 Å². The van der Waals surface area contributed by atoms with Crippen LogP contribution in [0.1, 0.15) is 77.6 Å². The lowest BCUT2D eigenvalue weighted by atomic mass is 9.88. The number of rotatable bonds is 13. The van der Waals surface area contributed by atoms with Gasteiger partial charge in [-0.2, -0.15) is 0 Å². The van der Waals surface area contributed by atoms with E-state index in [1.807, 2.05) is 6.08 Å². The summed E-state index contributed by atoms with van der Waals surface area (Å²) in [7, 11) is 0. The zero-order valence-electron chi connectivity index (χ0n) is 15.4. The Kier molecular flexibility index (Phi) is 10.7. The standard InChI is InChI=1S/C20H34O5/c1-2-3-6-9-15(21)12-13-17-16(18(22)14-19(17)23)10-7-4-5-8-11-20(24)25/h12-13,15-17,19,21,23H,2-11,14H2,1H3,(H,24,25)/p-1/b13-12+/t15-,16+,17+,19+/m0/s1. The first-order valence-corrected chi connectivity index (χ1v) is 9.72. The monoisotopic (exact) mass is 353 g/mol. The minimum absolute atomic E-state index is 0.0857. The lowest BCUT2D eigenvalue weighted by molar-refractivity contribution is -0.305. The minimum Gasteiger partial charge on any atom is -0.550 e. The molecule has 144 valence electrons. The number of aliphatic hydroxyl groups is 2. The van der Waals surface area contributed by atoms with Crippen molar-refractivity contribution in [2.24, 2.45) is 11.8 Å². The molecule has 0 amide bonds. The van der Waals surface area contributed by atoms with Crippen LogP contribution in [0.5, 0.6) is 0 Å². The van der Waals surface area contributed by atoms with Crippen molar-refractivity contribution in [2.45, 2.75) is 89.8 Å². The molecule has 1 fully saturated rings. The topological polar surface area (TPSA) is 97.7 Å².